The Hall–Kier alpha value is -0.780. The molecule has 3 rings (SSSR count). The zero-order valence-corrected chi connectivity index (χ0v) is 12.9. The number of nitrogens with one attached hydrogen (secondary N) is 1. The average molecular weight is 315 g/mol. The standard InChI is InChI=1S/C14H19ClN2O2S/c15-11-7-8-13-14(9-11)20(18,19)16-10-17(13)12-5-3-1-2-4-6-12/h7-9,12,16H,1-6,10H2. The molecule has 1 aliphatic heterocycles. The second-order valence-electron chi connectivity index (χ2n) is 5.53. The summed E-state index contributed by atoms with van der Waals surface area (Å²) in [7, 11) is -3.42. The largest absolute Gasteiger partial charge is 0.354 e. The Bertz CT molecular complexity index is 595. The van der Waals surface area contributed by atoms with Gasteiger partial charge in [0.2, 0.25) is 10.0 Å². The van der Waals surface area contributed by atoms with Crippen molar-refractivity contribution in [3.63, 3.8) is 0 Å². The van der Waals surface area contributed by atoms with Crippen molar-refractivity contribution in [3.05, 3.63) is 23.2 Å². The lowest BCUT2D eigenvalue weighted by Crippen LogP contribution is -2.48. The van der Waals surface area contributed by atoms with E-state index in [4.69, 9.17) is 11.6 Å². The zero-order valence-electron chi connectivity index (χ0n) is 11.3. The minimum Gasteiger partial charge on any atom is -0.354 e. The normalized spacial score (nSPS) is 23.1. The van der Waals surface area contributed by atoms with Gasteiger partial charge in [-0.2, -0.15) is 4.72 Å². The van der Waals surface area contributed by atoms with Crippen LogP contribution < -0.4 is 9.62 Å². The summed E-state index contributed by atoms with van der Waals surface area (Å²) >= 11 is 5.95. The second-order valence-corrected chi connectivity index (χ2v) is 7.70. The fourth-order valence-corrected chi connectivity index (χ4v) is 4.60. The molecule has 1 N–H and O–H groups in total. The first kappa shape index (κ1) is 14.2. The Balaban J connectivity index is 1.99. The smallest absolute Gasteiger partial charge is 0.244 e. The van der Waals surface area contributed by atoms with Crippen LogP contribution in [0, 0.1) is 0 Å². The van der Waals surface area contributed by atoms with Crippen LogP contribution in [0.1, 0.15) is 38.5 Å². The molecule has 1 aromatic rings. The van der Waals surface area contributed by atoms with Gasteiger partial charge in [0.05, 0.1) is 12.4 Å². The lowest BCUT2D eigenvalue weighted by molar-refractivity contribution is 0.501. The van der Waals surface area contributed by atoms with E-state index in [2.05, 4.69) is 9.62 Å². The highest BCUT2D eigenvalue weighted by Gasteiger charge is 2.32. The molecule has 0 spiro atoms. The molecule has 0 saturated heterocycles. The first-order valence-electron chi connectivity index (χ1n) is 7.14. The summed E-state index contributed by atoms with van der Waals surface area (Å²) in [6.07, 6.45) is 7.26. The maximum absolute atomic E-state index is 12.1. The van der Waals surface area contributed by atoms with Gasteiger partial charge in [0, 0.05) is 11.1 Å². The summed E-state index contributed by atoms with van der Waals surface area (Å²) < 4.78 is 26.9. The topological polar surface area (TPSA) is 49.4 Å². The van der Waals surface area contributed by atoms with E-state index in [1.807, 2.05) is 6.07 Å². The number of nitrogens with zero attached hydrogens (tertiary/aromatic N) is 1. The van der Waals surface area contributed by atoms with Gasteiger partial charge in [-0.05, 0) is 31.0 Å². The SMILES string of the molecule is O=S1(=O)NCN(C2CCCCCC2)c2ccc(Cl)cc21. The van der Waals surface area contributed by atoms with Crippen molar-refractivity contribution >= 4 is 27.3 Å². The van der Waals surface area contributed by atoms with Crippen molar-refractivity contribution in [1.82, 2.24) is 4.72 Å². The van der Waals surface area contributed by atoms with Gasteiger partial charge in [-0.1, -0.05) is 37.3 Å². The number of halogens is 1. The van der Waals surface area contributed by atoms with Crippen molar-refractivity contribution in [2.75, 3.05) is 11.6 Å². The van der Waals surface area contributed by atoms with Gasteiger partial charge in [-0.3, -0.25) is 0 Å². The van der Waals surface area contributed by atoms with Crippen LogP contribution >= 0.6 is 11.6 Å². The highest BCUT2D eigenvalue weighted by Crippen LogP contribution is 2.35. The van der Waals surface area contributed by atoms with Gasteiger partial charge in [-0.25, -0.2) is 8.42 Å². The minimum absolute atomic E-state index is 0.306. The van der Waals surface area contributed by atoms with Crippen molar-refractivity contribution in [1.29, 1.82) is 0 Å². The van der Waals surface area contributed by atoms with Crippen LogP contribution in [0.3, 0.4) is 0 Å². The van der Waals surface area contributed by atoms with Crippen molar-refractivity contribution in [2.45, 2.75) is 49.5 Å². The monoisotopic (exact) mass is 314 g/mol. The molecule has 1 aromatic carbocycles. The molecular weight excluding hydrogens is 296 g/mol. The van der Waals surface area contributed by atoms with Crippen molar-refractivity contribution < 1.29 is 8.42 Å². The number of sulfonamides is 1. The Labute approximate surface area is 125 Å². The summed E-state index contributed by atoms with van der Waals surface area (Å²) in [4.78, 5) is 2.50. The first-order valence-corrected chi connectivity index (χ1v) is 9.00. The molecule has 20 heavy (non-hydrogen) atoms. The van der Waals surface area contributed by atoms with E-state index >= 15 is 0 Å². The zero-order chi connectivity index (χ0) is 14.2. The van der Waals surface area contributed by atoms with Crippen molar-refractivity contribution in [3.8, 4) is 0 Å². The highest BCUT2D eigenvalue weighted by molar-refractivity contribution is 7.89. The maximum Gasteiger partial charge on any atom is 0.244 e. The van der Waals surface area contributed by atoms with Crippen LogP contribution in [0.25, 0.3) is 0 Å². The molecule has 6 heteroatoms. The predicted octanol–water partition coefficient (Wildman–Crippen LogP) is 3.12. The van der Waals surface area contributed by atoms with E-state index in [-0.39, 0.29) is 0 Å². The number of anilines is 1. The number of hydrogen-bond acceptors (Lipinski definition) is 3. The molecule has 0 atom stereocenters. The molecule has 1 heterocycles. The third-order valence-electron chi connectivity index (χ3n) is 4.21. The van der Waals surface area contributed by atoms with E-state index in [0.29, 0.717) is 22.6 Å². The van der Waals surface area contributed by atoms with E-state index in [0.717, 1.165) is 18.5 Å². The van der Waals surface area contributed by atoms with E-state index < -0.39 is 10.0 Å². The van der Waals surface area contributed by atoms with Crippen LogP contribution in [0.5, 0.6) is 0 Å². The van der Waals surface area contributed by atoms with Gasteiger partial charge >= 0.3 is 0 Å². The summed E-state index contributed by atoms with van der Waals surface area (Å²) in [5.74, 6) is 0. The molecule has 0 aromatic heterocycles. The summed E-state index contributed by atoms with van der Waals surface area (Å²) in [6, 6.07) is 5.56. The minimum atomic E-state index is -3.42. The summed E-state index contributed by atoms with van der Waals surface area (Å²) in [6.45, 7) is 0.363. The van der Waals surface area contributed by atoms with E-state index in [9.17, 15) is 8.42 Å². The van der Waals surface area contributed by atoms with Gasteiger partial charge in [0.1, 0.15) is 4.90 Å². The predicted molar refractivity (Wildman–Crippen MR) is 80.6 cm³/mol. The Kier molecular flexibility index (Phi) is 3.93. The lowest BCUT2D eigenvalue weighted by atomic mass is 10.1. The van der Waals surface area contributed by atoms with Gasteiger partial charge in [0.25, 0.3) is 0 Å². The van der Waals surface area contributed by atoms with Gasteiger partial charge in [-0.15, -0.1) is 0 Å². The Morgan fingerprint density at radius 3 is 2.55 bits per heavy atom. The van der Waals surface area contributed by atoms with Crippen molar-refractivity contribution in [2.24, 2.45) is 0 Å². The molecule has 110 valence electrons. The lowest BCUT2D eigenvalue weighted by Gasteiger charge is -2.37. The van der Waals surface area contributed by atoms with E-state index in [1.54, 1.807) is 12.1 Å². The Morgan fingerprint density at radius 2 is 1.85 bits per heavy atom. The van der Waals surface area contributed by atoms with Gasteiger partial charge < -0.3 is 4.90 Å². The molecule has 1 aliphatic carbocycles. The molecule has 0 unspecified atom stereocenters. The molecule has 0 bridgehead atoms. The van der Waals surface area contributed by atoms with Crippen LogP contribution in [-0.4, -0.2) is 21.1 Å². The summed E-state index contributed by atoms with van der Waals surface area (Å²) in [5.41, 5.74) is 0.792. The number of benzene rings is 1. The average Bonchev–Trinajstić information content (AvgIpc) is 2.68. The molecule has 0 amide bonds. The highest BCUT2D eigenvalue weighted by atomic mass is 35.5. The second kappa shape index (κ2) is 5.54. The summed E-state index contributed by atoms with van der Waals surface area (Å²) in [5, 5.41) is 0.455. The number of rotatable bonds is 1. The maximum atomic E-state index is 12.1. The molecule has 1 fully saturated rings. The van der Waals surface area contributed by atoms with Gasteiger partial charge in [0.15, 0.2) is 0 Å². The molecular formula is C14H19ClN2O2S. The fourth-order valence-electron chi connectivity index (χ4n) is 3.15. The fraction of sp³-hybridized carbons (Fsp3) is 0.571. The van der Waals surface area contributed by atoms with Crippen LogP contribution in [-0.2, 0) is 10.0 Å². The number of hydrogen-bond donors (Lipinski definition) is 1. The molecule has 4 nitrogen and oxygen atoms in total. The third-order valence-corrected chi connectivity index (χ3v) is 5.86. The van der Waals surface area contributed by atoms with Crippen LogP contribution in [0.2, 0.25) is 5.02 Å². The van der Waals surface area contributed by atoms with Crippen LogP contribution in [0.4, 0.5) is 5.69 Å². The molecule has 1 saturated carbocycles. The number of fused-ring (bicyclic) bond motifs is 1. The third kappa shape index (κ3) is 2.67. The Morgan fingerprint density at radius 1 is 1.15 bits per heavy atom. The molecule has 2 aliphatic rings. The molecule has 0 radical (unpaired) electrons. The quantitative estimate of drug-likeness (QED) is 0.810. The first-order chi connectivity index (χ1) is 9.58. The van der Waals surface area contributed by atoms with E-state index in [1.165, 1.54) is 25.7 Å². The van der Waals surface area contributed by atoms with Crippen LogP contribution in [0.15, 0.2) is 23.1 Å².